The highest BCUT2D eigenvalue weighted by molar-refractivity contribution is 5.52. The van der Waals surface area contributed by atoms with E-state index in [4.69, 9.17) is 15.2 Å². The Morgan fingerprint density at radius 3 is 2.52 bits per heavy atom. The molecular formula is C29H37F5N6O2. The number of rotatable bonds is 3. The van der Waals surface area contributed by atoms with Gasteiger partial charge < -0.3 is 20.1 Å². The molecule has 42 heavy (non-hydrogen) atoms. The SMILES string of the molecule is COc1nc2c(c(N3CCCC(C)C3)n1)COC(c1cc(N)nc(C)c1C(F)(F)F)C2.FC(F)=C1CC2CCCN2C1. The smallest absolute Gasteiger partial charge is 0.418 e. The van der Waals surface area contributed by atoms with Crippen LogP contribution in [0.5, 0.6) is 6.01 Å². The molecule has 0 aromatic carbocycles. The van der Waals surface area contributed by atoms with Crippen molar-refractivity contribution in [2.24, 2.45) is 5.92 Å². The number of nitrogens with two attached hydrogens (primary N) is 1. The van der Waals surface area contributed by atoms with E-state index in [9.17, 15) is 22.0 Å². The number of pyridine rings is 1. The van der Waals surface area contributed by atoms with Crippen molar-refractivity contribution in [2.75, 3.05) is 43.9 Å². The van der Waals surface area contributed by atoms with Gasteiger partial charge in [-0.05, 0) is 63.1 Å². The molecule has 3 atom stereocenters. The molecule has 4 aliphatic heterocycles. The number of nitrogen functional groups attached to an aromatic ring is 1. The van der Waals surface area contributed by atoms with Crippen molar-refractivity contribution in [3.63, 3.8) is 0 Å². The van der Waals surface area contributed by atoms with Crippen molar-refractivity contribution in [2.45, 2.75) is 77.3 Å². The van der Waals surface area contributed by atoms with Crippen molar-refractivity contribution in [3.05, 3.63) is 45.8 Å². The second-order valence-corrected chi connectivity index (χ2v) is 11.6. The molecule has 0 bridgehead atoms. The number of hydrogen-bond acceptors (Lipinski definition) is 8. The third-order valence-corrected chi connectivity index (χ3v) is 8.52. The van der Waals surface area contributed by atoms with Gasteiger partial charge in [-0.2, -0.15) is 31.9 Å². The number of nitrogens with zero attached hydrogens (tertiary/aromatic N) is 5. The van der Waals surface area contributed by atoms with E-state index in [0.717, 1.165) is 50.3 Å². The van der Waals surface area contributed by atoms with Crippen LogP contribution in [-0.4, -0.2) is 59.2 Å². The molecule has 8 nitrogen and oxygen atoms in total. The molecule has 0 amide bonds. The molecule has 6 heterocycles. The van der Waals surface area contributed by atoms with Gasteiger partial charge in [-0.1, -0.05) is 6.92 Å². The van der Waals surface area contributed by atoms with Crippen LogP contribution < -0.4 is 15.4 Å². The molecule has 230 valence electrons. The first kappa shape index (κ1) is 30.4. The first-order chi connectivity index (χ1) is 19.9. The molecule has 3 saturated heterocycles. The maximum absolute atomic E-state index is 13.8. The zero-order valence-corrected chi connectivity index (χ0v) is 24.1. The van der Waals surface area contributed by atoms with Crippen LogP contribution in [-0.2, 0) is 23.9 Å². The molecule has 6 rings (SSSR count). The van der Waals surface area contributed by atoms with Crippen LogP contribution in [0.3, 0.4) is 0 Å². The quantitative estimate of drug-likeness (QED) is 0.442. The Kier molecular flexibility index (Phi) is 8.89. The van der Waals surface area contributed by atoms with Gasteiger partial charge in [0.2, 0.25) is 0 Å². The zero-order chi connectivity index (χ0) is 30.2. The van der Waals surface area contributed by atoms with Crippen LogP contribution in [0, 0.1) is 12.8 Å². The normalized spacial score (nSPS) is 24.1. The average molecular weight is 597 g/mol. The van der Waals surface area contributed by atoms with Crippen LogP contribution in [0.2, 0.25) is 0 Å². The predicted octanol–water partition coefficient (Wildman–Crippen LogP) is 5.85. The number of fused-ring (bicyclic) bond motifs is 2. The second-order valence-electron chi connectivity index (χ2n) is 11.6. The predicted molar refractivity (Wildman–Crippen MR) is 147 cm³/mol. The summed E-state index contributed by atoms with van der Waals surface area (Å²) in [7, 11) is 1.48. The highest BCUT2D eigenvalue weighted by atomic mass is 19.4. The van der Waals surface area contributed by atoms with Crippen molar-refractivity contribution in [3.8, 4) is 6.01 Å². The number of aromatic nitrogens is 3. The number of alkyl halides is 3. The molecular weight excluding hydrogens is 559 g/mol. The summed E-state index contributed by atoms with van der Waals surface area (Å²) in [4.78, 5) is 17.2. The lowest BCUT2D eigenvalue weighted by Gasteiger charge is -2.35. The van der Waals surface area contributed by atoms with Gasteiger partial charge in [-0.15, -0.1) is 0 Å². The van der Waals surface area contributed by atoms with Crippen LogP contribution in [0.15, 0.2) is 17.7 Å². The van der Waals surface area contributed by atoms with Gasteiger partial charge in [0.25, 0.3) is 6.08 Å². The highest BCUT2D eigenvalue weighted by Gasteiger charge is 2.40. The lowest BCUT2D eigenvalue weighted by Crippen LogP contribution is -2.36. The Hall–Kier alpha value is -3.06. The largest absolute Gasteiger partial charge is 0.467 e. The number of methoxy groups -OCH3 is 1. The Morgan fingerprint density at radius 1 is 1.10 bits per heavy atom. The van der Waals surface area contributed by atoms with Crippen molar-refractivity contribution in [1.82, 2.24) is 19.9 Å². The summed E-state index contributed by atoms with van der Waals surface area (Å²) in [6, 6.07) is 1.89. The summed E-state index contributed by atoms with van der Waals surface area (Å²) < 4.78 is 76.7. The van der Waals surface area contributed by atoms with Crippen LogP contribution in [0.1, 0.15) is 73.2 Å². The first-order valence-corrected chi connectivity index (χ1v) is 14.4. The zero-order valence-electron chi connectivity index (χ0n) is 24.1. The fourth-order valence-electron chi connectivity index (χ4n) is 6.58. The second kappa shape index (κ2) is 12.3. The van der Waals surface area contributed by atoms with Gasteiger partial charge in [-0.25, -0.2) is 4.98 Å². The van der Waals surface area contributed by atoms with Crippen molar-refractivity contribution >= 4 is 11.6 Å². The van der Waals surface area contributed by atoms with E-state index in [-0.39, 0.29) is 36.1 Å². The minimum atomic E-state index is -4.57. The maximum atomic E-state index is 13.8. The first-order valence-electron chi connectivity index (χ1n) is 14.4. The summed E-state index contributed by atoms with van der Waals surface area (Å²) in [5.74, 6) is 1.30. The molecule has 2 aromatic rings. The standard InChI is InChI=1S/C21H26F3N5O2.C8H11F2N/c1-11-5-4-6-29(9-11)19-14-10-31-16(8-15(14)27-20(28-19)30-3)13-7-17(25)26-12(2)18(13)21(22,23)24;9-8(10)6-4-7-2-1-3-11(7)5-6/h7,11,16H,4-6,8-10H2,1-3H3,(H2,25,26);7H,1-5H2. The number of halogens is 5. The van der Waals surface area contributed by atoms with E-state index in [0.29, 0.717) is 36.2 Å². The van der Waals surface area contributed by atoms with E-state index < -0.39 is 23.9 Å². The molecule has 3 unspecified atom stereocenters. The third kappa shape index (κ3) is 6.46. The fourth-order valence-corrected chi connectivity index (χ4v) is 6.58. The Bertz CT molecular complexity index is 1320. The van der Waals surface area contributed by atoms with E-state index in [1.165, 1.54) is 26.5 Å². The number of aryl methyl sites for hydroxylation is 1. The summed E-state index contributed by atoms with van der Waals surface area (Å²) in [5, 5.41) is 0. The number of ether oxygens (including phenoxy) is 2. The lowest BCUT2D eigenvalue weighted by molar-refractivity contribution is -0.140. The van der Waals surface area contributed by atoms with Gasteiger partial charge in [0.15, 0.2) is 0 Å². The minimum absolute atomic E-state index is 0.0196. The van der Waals surface area contributed by atoms with Gasteiger partial charge >= 0.3 is 12.2 Å². The molecule has 2 aromatic heterocycles. The topological polar surface area (TPSA) is 89.6 Å². The highest BCUT2D eigenvalue weighted by Crippen LogP contribution is 2.42. The van der Waals surface area contributed by atoms with E-state index >= 15 is 0 Å². The summed E-state index contributed by atoms with van der Waals surface area (Å²) >= 11 is 0. The fraction of sp³-hybridized carbons (Fsp3) is 0.621. The molecule has 0 spiro atoms. The minimum Gasteiger partial charge on any atom is -0.467 e. The van der Waals surface area contributed by atoms with E-state index in [1.54, 1.807) is 0 Å². The maximum Gasteiger partial charge on any atom is 0.418 e. The van der Waals surface area contributed by atoms with E-state index in [1.807, 2.05) is 0 Å². The number of hydrogen-bond donors (Lipinski definition) is 1. The van der Waals surface area contributed by atoms with Crippen LogP contribution in [0.25, 0.3) is 0 Å². The molecule has 13 heteroatoms. The Labute approximate surface area is 242 Å². The van der Waals surface area contributed by atoms with Crippen molar-refractivity contribution < 1.29 is 31.4 Å². The third-order valence-electron chi connectivity index (χ3n) is 8.52. The van der Waals surface area contributed by atoms with Gasteiger partial charge in [0, 0.05) is 43.2 Å². The summed E-state index contributed by atoms with van der Waals surface area (Å²) in [5.41, 5.74) is 6.59. The van der Waals surface area contributed by atoms with Gasteiger partial charge in [0.1, 0.15) is 11.6 Å². The molecule has 2 N–H and O–H groups in total. The summed E-state index contributed by atoms with van der Waals surface area (Å²) in [6.07, 6.45) is -1.58. The lowest BCUT2D eigenvalue weighted by atomic mass is 9.94. The Balaban J connectivity index is 0.000000267. The monoisotopic (exact) mass is 596 g/mol. The van der Waals surface area contributed by atoms with E-state index in [2.05, 4.69) is 31.7 Å². The van der Waals surface area contributed by atoms with Gasteiger partial charge in [-0.3, -0.25) is 4.90 Å². The average Bonchev–Trinajstić information content (AvgIpc) is 3.54. The summed E-state index contributed by atoms with van der Waals surface area (Å²) in [6.45, 7) is 6.86. The molecule has 4 aliphatic rings. The Morgan fingerprint density at radius 2 is 1.86 bits per heavy atom. The molecule has 0 saturated carbocycles. The van der Waals surface area contributed by atoms with Crippen LogP contribution >= 0.6 is 0 Å². The van der Waals surface area contributed by atoms with Gasteiger partial charge in [0.05, 0.1) is 36.8 Å². The number of piperidine rings is 1. The van der Waals surface area contributed by atoms with Crippen molar-refractivity contribution in [1.29, 1.82) is 0 Å². The number of anilines is 2. The van der Waals surface area contributed by atoms with Crippen LogP contribution in [0.4, 0.5) is 33.6 Å². The molecule has 0 radical (unpaired) electrons. The molecule has 3 fully saturated rings. The molecule has 0 aliphatic carbocycles.